The van der Waals surface area contributed by atoms with Crippen LogP contribution in [0.5, 0.6) is 0 Å². The van der Waals surface area contributed by atoms with Crippen molar-refractivity contribution in [3.05, 3.63) is 13.8 Å². The van der Waals surface area contributed by atoms with Crippen molar-refractivity contribution in [2.75, 3.05) is 24.6 Å². The van der Waals surface area contributed by atoms with Crippen LogP contribution in [-0.4, -0.2) is 54.0 Å². The summed E-state index contributed by atoms with van der Waals surface area (Å²) >= 11 is 0. The summed E-state index contributed by atoms with van der Waals surface area (Å²) in [5.74, 6) is 0. The molecular formula is C36H84O6P2Zn. The average Bonchev–Trinajstić information content (AvgIpc) is 2.96. The molecule has 0 radical (unpaired) electrons. The summed E-state index contributed by atoms with van der Waals surface area (Å²) < 4.78 is 0. The van der Waals surface area contributed by atoms with E-state index in [2.05, 4.69) is 55.4 Å². The minimum Gasteiger partial charge on any atom is -0.343 e. The third kappa shape index (κ3) is 54.9. The van der Waals surface area contributed by atoms with Crippen LogP contribution in [-0.2, 0) is 19.5 Å². The first-order valence-electron chi connectivity index (χ1n) is 18.7. The van der Waals surface area contributed by atoms with Gasteiger partial charge in [-0.3, -0.25) is 0 Å². The van der Waals surface area contributed by atoms with Gasteiger partial charge in [0.2, 0.25) is 0 Å². The maximum atomic E-state index is 9.82. The minimum absolute atomic E-state index is 0. The fourth-order valence-corrected chi connectivity index (χ4v) is 8.46. The van der Waals surface area contributed by atoms with Crippen LogP contribution in [0.15, 0.2) is 0 Å². The van der Waals surface area contributed by atoms with Gasteiger partial charge in [0.15, 0.2) is 0 Å². The van der Waals surface area contributed by atoms with E-state index in [4.69, 9.17) is 0 Å². The quantitative estimate of drug-likeness (QED) is 0.0227. The zero-order valence-electron chi connectivity index (χ0n) is 31.5. The van der Waals surface area contributed by atoms with Crippen molar-refractivity contribution in [2.24, 2.45) is 0 Å². The first-order valence-corrected chi connectivity index (χ1v) is 23.6. The van der Waals surface area contributed by atoms with Gasteiger partial charge in [0.05, 0.1) is 0 Å². The Labute approximate surface area is 296 Å². The maximum Gasteiger partial charge on any atom is 2.00 e. The van der Waals surface area contributed by atoms with Gasteiger partial charge in [-0.25, -0.2) is 0 Å². The normalized spacial score (nSPS) is 12.8. The minimum atomic E-state index is -4.27. The molecule has 0 aliphatic heterocycles. The number of hydrogen-bond acceptors (Lipinski definition) is 6. The summed E-state index contributed by atoms with van der Waals surface area (Å²) in [6.07, 6.45) is 26.6. The van der Waals surface area contributed by atoms with Crippen molar-refractivity contribution < 1.29 is 48.8 Å². The van der Waals surface area contributed by atoms with E-state index in [1.807, 2.05) is 0 Å². The standard InChI is InChI=1S/2C12H29O3P.2C6H13.Zn/c2*1-3-5-7-9-11-16(13,14,15)12-10-8-6-4-2;2*1-3-5-6-4-2;/h2*13-15H,3-12H2,1-2H3;2*1,3-6H2,2H3;/q;;2*-1;+2. The van der Waals surface area contributed by atoms with Crippen LogP contribution in [0, 0.1) is 13.8 Å². The van der Waals surface area contributed by atoms with Gasteiger partial charge in [0.25, 0.3) is 0 Å². The van der Waals surface area contributed by atoms with Crippen LogP contribution in [0.1, 0.15) is 196 Å². The summed E-state index contributed by atoms with van der Waals surface area (Å²) in [4.78, 5) is 58.9. The van der Waals surface area contributed by atoms with Crippen molar-refractivity contribution in [2.45, 2.75) is 196 Å². The number of rotatable bonds is 26. The first-order chi connectivity index (χ1) is 20.6. The molecule has 0 amide bonds. The van der Waals surface area contributed by atoms with Gasteiger partial charge in [0, 0.05) is 0 Å². The third-order valence-corrected chi connectivity index (χ3v) is 12.5. The smallest absolute Gasteiger partial charge is 0.343 e. The van der Waals surface area contributed by atoms with Crippen LogP contribution in [0.25, 0.3) is 0 Å². The molecule has 6 nitrogen and oxygen atoms in total. The fourth-order valence-electron chi connectivity index (χ4n) is 4.53. The molecule has 6 N–H and O–H groups in total. The molecule has 0 aromatic heterocycles. The Balaban J connectivity index is -0.000000172. The number of hydrogen-bond donors (Lipinski definition) is 6. The van der Waals surface area contributed by atoms with Gasteiger partial charge in [0.1, 0.15) is 0 Å². The molecule has 0 spiro atoms. The van der Waals surface area contributed by atoms with Crippen molar-refractivity contribution in [1.82, 2.24) is 0 Å². The van der Waals surface area contributed by atoms with E-state index in [-0.39, 0.29) is 44.1 Å². The van der Waals surface area contributed by atoms with Gasteiger partial charge >= 0.3 is 218 Å². The van der Waals surface area contributed by atoms with Crippen molar-refractivity contribution in [1.29, 1.82) is 0 Å². The van der Waals surface area contributed by atoms with E-state index < -0.39 is 14.6 Å². The van der Waals surface area contributed by atoms with Crippen molar-refractivity contribution >= 4 is 14.6 Å². The molecule has 0 unspecified atom stereocenters. The molecule has 276 valence electrons. The van der Waals surface area contributed by atoms with E-state index in [9.17, 15) is 29.4 Å². The van der Waals surface area contributed by atoms with Crippen molar-refractivity contribution in [3.8, 4) is 0 Å². The summed E-state index contributed by atoms with van der Waals surface area (Å²) in [7, 11) is -8.54. The molecule has 0 aliphatic carbocycles. The monoisotopic (exact) mass is 739 g/mol. The molecule has 45 heavy (non-hydrogen) atoms. The van der Waals surface area contributed by atoms with E-state index >= 15 is 0 Å². The first kappa shape index (κ1) is 55.6. The van der Waals surface area contributed by atoms with Gasteiger partial charge in [-0.1, -0.05) is 52.4 Å². The maximum absolute atomic E-state index is 9.82. The van der Waals surface area contributed by atoms with Crippen LogP contribution >= 0.6 is 14.6 Å². The Morgan fingerprint density at radius 2 is 0.489 bits per heavy atom. The van der Waals surface area contributed by atoms with Gasteiger partial charge in [-0.15, -0.1) is 0 Å². The molecule has 0 rings (SSSR count). The summed E-state index contributed by atoms with van der Waals surface area (Å²) in [5.41, 5.74) is 0. The topological polar surface area (TPSA) is 121 Å². The molecule has 0 aromatic carbocycles. The summed E-state index contributed by atoms with van der Waals surface area (Å²) in [5, 5.41) is 0. The van der Waals surface area contributed by atoms with Crippen LogP contribution < -0.4 is 0 Å². The molecular weight excluding hydrogens is 656 g/mol. The van der Waals surface area contributed by atoms with E-state index in [0.717, 1.165) is 116 Å². The summed E-state index contributed by atoms with van der Waals surface area (Å²) in [6, 6.07) is 0. The fraction of sp³-hybridized carbons (Fsp3) is 0.944. The predicted octanol–water partition coefficient (Wildman–Crippen LogP) is 11.6. The average molecular weight is 740 g/mol. The van der Waals surface area contributed by atoms with Crippen LogP contribution in [0.2, 0.25) is 0 Å². The van der Waals surface area contributed by atoms with Crippen LogP contribution in [0.4, 0.5) is 0 Å². The molecule has 0 saturated heterocycles. The molecule has 0 heterocycles. The number of unbranched alkanes of at least 4 members (excludes halogenated alkanes) is 18. The molecule has 0 saturated carbocycles. The molecule has 0 atom stereocenters. The predicted molar refractivity (Wildman–Crippen MR) is 202 cm³/mol. The van der Waals surface area contributed by atoms with Gasteiger partial charge in [-0.2, -0.15) is 12.8 Å². The Bertz CT molecular complexity index is 463. The molecule has 0 aliphatic rings. The largest absolute Gasteiger partial charge is 2.00 e. The zero-order valence-corrected chi connectivity index (χ0v) is 36.3. The van der Waals surface area contributed by atoms with Gasteiger partial charge in [-0.05, 0) is 0 Å². The SMILES string of the molecule is CCCCCCP(O)(O)(O)CCCCCC.CCCCCCP(O)(O)(O)CCCCCC.[CH2-]CCCCC.[CH2-]CCCCC.[Zn+2]. The molecule has 0 fully saturated rings. The second-order valence-corrected chi connectivity index (χ2v) is 20.1. The Morgan fingerprint density at radius 1 is 0.311 bits per heavy atom. The van der Waals surface area contributed by atoms with E-state index in [0.29, 0.717) is 0 Å². The Hall–Kier alpha value is 1.24. The zero-order chi connectivity index (χ0) is 34.7. The van der Waals surface area contributed by atoms with Crippen molar-refractivity contribution in [3.63, 3.8) is 0 Å². The molecule has 9 heteroatoms. The van der Waals surface area contributed by atoms with E-state index in [1.54, 1.807) is 0 Å². The second kappa shape index (κ2) is 36.5. The van der Waals surface area contributed by atoms with Gasteiger partial charge < -0.3 is 13.8 Å². The Morgan fingerprint density at radius 3 is 0.622 bits per heavy atom. The molecule has 0 aromatic rings. The van der Waals surface area contributed by atoms with E-state index in [1.165, 1.54) is 38.5 Å². The summed E-state index contributed by atoms with van der Waals surface area (Å²) in [6.45, 7) is 20.3. The third-order valence-electron chi connectivity index (χ3n) is 7.59. The molecule has 0 bridgehead atoms. The second-order valence-electron chi connectivity index (χ2n) is 12.9. The Kier molecular flexibility index (Phi) is 45.2. The van der Waals surface area contributed by atoms with Crippen LogP contribution in [0.3, 0.4) is 0 Å².